The van der Waals surface area contributed by atoms with E-state index in [1.807, 2.05) is 22.6 Å². The molecular formula is C8H8INO2. The second-order valence-electron chi connectivity index (χ2n) is 2.41. The summed E-state index contributed by atoms with van der Waals surface area (Å²) >= 11 is 2.01. The molecule has 0 radical (unpaired) electrons. The number of carbonyl (C=O) groups is 1. The van der Waals surface area contributed by atoms with E-state index < -0.39 is 0 Å². The van der Waals surface area contributed by atoms with Crippen LogP contribution in [0.3, 0.4) is 0 Å². The Morgan fingerprint density at radius 1 is 1.58 bits per heavy atom. The first-order chi connectivity index (χ1) is 5.54. The Hall–Kier alpha value is -0.780. The number of carbonyl (C=O) groups excluding carboxylic acids is 1. The van der Waals surface area contributed by atoms with Crippen LogP contribution in [-0.4, -0.2) is 10.9 Å². The smallest absolute Gasteiger partial charge is 0.165 e. The lowest BCUT2D eigenvalue weighted by molar-refractivity contribution is 0.101. The van der Waals surface area contributed by atoms with Crippen molar-refractivity contribution in [3.05, 3.63) is 21.3 Å². The van der Waals surface area contributed by atoms with Gasteiger partial charge in [0.1, 0.15) is 5.75 Å². The maximum Gasteiger partial charge on any atom is 0.165 e. The average molecular weight is 277 g/mol. The molecule has 0 aliphatic carbocycles. The summed E-state index contributed by atoms with van der Waals surface area (Å²) in [7, 11) is 0. The molecule has 0 bridgehead atoms. The molecule has 0 amide bonds. The SMILES string of the molecule is CC(=O)c1c(O)ccc(I)c1N. The van der Waals surface area contributed by atoms with E-state index in [0.717, 1.165) is 3.57 Å². The number of halogens is 1. The van der Waals surface area contributed by atoms with Gasteiger partial charge in [0, 0.05) is 3.57 Å². The fourth-order valence-electron chi connectivity index (χ4n) is 0.953. The number of aromatic hydroxyl groups is 1. The molecule has 1 aromatic carbocycles. The summed E-state index contributed by atoms with van der Waals surface area (Å²) < 4.78 is 0.774. The zero-order chi connectivity index (χ0) is 9.30. The molecule has 1 rings (SSSR count). The highest BCUT2D eigenvalue weighted by Crippen LogP contribution is 2.27. The molecule has 1 aromatic rings. The molecule has 0 fully saturated rings. The van der Waals surface area contributed by atoms with Crippen LogP contribution in [0.1, 0.15) is 17.3 Å². The van der Waals surface area contributed by atoms with Gasteiger partial charge in [-0.25, -0.2) is 0 Å². The van der Waals surface area contributed by atoms with Crippen molar-refractivity contribution in [3.8, 4) is 5.75 Å². The van der Waals surface area contributed by atoms with Crippen molar-refractivity contribution in [2.75, 3.05) is 5.73 Å². The first kappa shape index (κ1) is 9.31. The fourth-order valence-corrected chi connectivity index (χ4v) is 1.40. The maximum absolute atomic E-state index is 11.0. The highest BCUT2D eigenvalue weighted by molar-refractivity contribution is 14.1. The van der Waals surface area contributed by atoms with Gasteiger partial charge in [0.2, 0.25) is 0 Å². The van der Waals surface area contributed by atoms with E-state index in [1.165, 1.54) is 13.0 Å². The number of anilines is 1. The van der Waals surface area contributed by atoms with Crippen LogP contribution in [0, 0.1) is 3.57 Å². The van der Waals surface area contributed by atoms with Crippen molar-refractivity contribution in [1.82, 2.24) is 0 Å². The van der Waals surface area contributed by atoms with Crippen LogP contribution in [0.2, 0.25) is 0 Å². The highest BCUT2D eigenvalue weighted by atomic mass is 127. The Bertz CT molecular complexity index is 336. The number of nitrogen functional groups attached to an aromatic ring is 1. The van der Waals surface area contributed by atoms with Crippen molar-refractivity contribution in [2.45, 2.75) is 6.92 Å². The molecule has 64 valence electrons. The molecule has 0 saturated carbocycles. The second kappa shape index (κ2) is 3.30. The number of Topliss-reactive ketones (excluding diaryl/α,β-unsaturated/α-hetero) is 1. The number of hydrogen-bond acceptors (Lipinski definition) is 3. The lowest BCUT2D eigenvalue weighted by Crippen LogP contribution is -2.01. The summed E-state index contributed by atoms with van der Waals surface area (Å²) in [5.74, 6) is -0.274. The van der Waals surface area contributed by atoms with Crippen LogP contribution in [-0.2, 0) is 0 Å². The molecule has 0 aliphatic rings. The van der Waals surface area contributed by atoms with Crippen molar-refractivity contribution in [1.29, 1.82) is 0 Å². The minimum Gasteiger partial charge on any atom is -0.507 e. The molecule has 3 N–H and O–H groups in total. The minimum absolute atomic E-state index is 0.0552. The number of ketones is 1. The van der Waals surface area contributed by atoms with Gasteiger partial charge in [-0.1, -0.05) is 0 Å². The standard InChI is InChI=1S/C8H8INO2/c1-4(11)7-6(12)3-2-5(9)8(7)10/h2-3,12H,10H2,1H3. The molecule has 3 nitrogen and oxygen atoms in total. The van der Waals surface area contributed by atoms with Crippen molar-refractivity contribution in [2.24, 2.45) is 0 Å². The van der Waals surface area contributed by atoms with Gasteiger partial charge >= 0.3 is 0 Å². The highest BCUT2D eigenvalue weighted by Gasteiger charge is 2.12. The molecule has 0 unspecified atom stereocenters. The van der Waals surface area contributed by atoms with Gasteiger partial charge in [0.05, 0.1) is 11.3 Å². The number of phenols is 1. The van der Waals surface area contributed by atoms with E-state index in [-0.39, 0.29) is 17.1 Å². The number of hydrogen-bond donors (Lipinski definition) is 2. The second-order valence-corrected chi connectivity index (χ2v) is 3.57. The van der Waals surface area contributed by atoms with Crippen LogP contribution in [0.25, 0.3) is 0 Å². The zero-order valence-corrected chi connectivity index (χ0v) is 8.62. The van der Waals surface area contributed by atoms with Gasteiger partial charge in [-0.15, -0.1) is 0 Å². The predicted octanol–water partition coefficient (Wildman–Crippen LogP) is 1.78. The van der Waals surface area contributed by atoms with Gasteiger partial charge in [0.25, 0.3) is 0 Å². The van der Waals surface area contributed by atoms with Crippen LogP contribution in [0.4, 0.5) is 5.69 Å². The van der Waals surface area contributed by atoms with Gasteiger partial charge in [0.15, 0.2) is 5.78 Å². The van der Waals surface area contributed by atoms with Crippen LogP contribution in [0.5, 0.6) is 5.75 Å². The molecule has 12 heavy (non-hydrogen) atoms. The quantitative estimate of drug-likeness (QED) is 0.467. The number of benzene rings is 1. The summed E-state index contributed by atoms with van der Waals surface area (Å²) in [4.78, 5) is 11.0. The van der Waals surface area contributed by atoms with Crippen molar-refractivity contribution in [3.63, 3.8) is 0 Å². The van der Waals surface area contributed by atoms with E-state index in [1.54, 1.807) is 6.07 Å². The first-order valence-electron chi connectivity index (χ1n) is 3.32. The summed E-state index contributed by atoms with van der Waals surface area (Å²) in [5, 5.41) is 9.28. The van der Waals surface area contributed by atoms with Gasteiger partial charge in [-0.05, 0) is 41.6 Å². The molecule has 0 atom stereocenters. The Morgan fingerprint density at radius 2 is 2.17 bits per heavy atom. The Labute approximate surface area is 83.7 Å². The average Bonchev–Trinajstić information content (AvgIpc) is 1.97. The van der Waals surface area contributed by atoms with Crippen molar-refractivity contribution < 1.29 is 9.90 Å². The Balaban J connectivity index is 3.43. The van der Waals surface area contributed by atoms with Gasteiger partial charge in [-0.3, -0.25) is 4.79 Å². The minimum atomic E-state index is -0.219. The van der Waals surface area contributed by atoms with Crippen LogP contribution >= 0.6 is 22.6 Å². The largest absolute Gasteiger partial charge is 0.507 e. The lowest BCUT2D eigenvalue weighted by atomic mass is 10.1. The summed E-state index contributed by atoms with van der Waals surface area (Å²) in [6.07, 6.45) is 0. The van der Waals surface area contributed by atoms with Crippen LogP contribution in [0.15, 0.2) is 12.1 Å². The number of rotatable bonds is 1. The number of nitrogens with two attached hydrogens (primary N) is 1. The molecule has 0 saturated heterocycles. The van der Waals surface area contributed by atoms with Gasteiger partial charge < -0.3 is 10.8 Å². The fraction of sp³-hybridized carbons (Fsp3) is 0.125. The van der Waals surface area contributed by atoms with E-state index in [0.29, 0.717) is 5.69 Å². The van der Waals surface area contributed by atoms with Crippen LogP contribution < -0.4 is 5.73 Å². The van der Waals surface area contributed by atoms with Gasteiger partial charge in [-0.2, -0.15) is 0 Å². The third-order valence-electron chi connectivity index (χ3n) is 1.52. The molecule has 0 aromatic heterocycles. The normalized spacial score (nSPS) is 9.83. The first-order valence-corrected chi connectivity index (χ1v) is 4.39. The number of phenolic OH excluding ortho intramolecular Hbond substituents is 1. The zero-order valence-electron chi connectivity index (χ0n) is 6.47. The van der Waals surface area contributed by atoms with E-state index in [9.17, 15) is 9.90 Å². The Morgan fingerprint density at radius 3 is 2.58 bits per heavy atom. The Kier molecular flexibility index (Phi) is 2.56. The summed E-state index contributed by atoms with van der Waals surface area (Å²) in [6.45, 7) is 1.38. The maximum atomic E-state index is 11.0. The molecule has 0 heterocycles. The van der Waals surface area contributed by atoms with E-state index in [2.05, 4.69) is 0 Å². The topological polar surface area (TPSA) is 63.3 Å². The monoisotopic (exact) mass is 277 g/mol. The lowest BCUT2D eigenvalue weighted by Gasteiger charge is -2.05. The van der Waals surface area contributed by atoms with E-state index in [4.69, 9.17) is 5.73 Å². The third-order valence-corrected chi connectivity index (χ3v) is 2.46. The molecular weight excluding hydrogens is 269 g/mol. The summed E-state index contributed by atoms with van der Waals surface area (Å²) in [6, 6.07) is 3.13. The molecule has 4 heteroatoms. The van der Waals surface area contributed by atoms with Crippen molar-refractivity contribution >= 4 is 34.1 Å². The van der Waals surface area contributed by atoms with E-state index >= 15 is 0 Å². The summed E-state index contributed by atoms with van der Waals surface area (Å²) in [5.41, 5.74) is 6.16. The third kappa shape index (κ3) is 1.52. The molecule has 0 aliphatic heterocycles. The molecule has 0 spiro atoms. The predicted molar refractivity (Wildman–Crippen MR) is 55.2 cm³/mol.